The van der Waals surface area contributed by atoms with Gasteiger partial charge in [-0.3, -0.25) is 9.59 Å². The number of nitrogens with zero attached hydrogens (tertiary/aromatic N) is 3. The maximum absolute atomic E-state index is 13.5. The lowest BCUT2D eigenvalue weighted by Gasteiger charge is -2.22. The van der Waals surface area contributed by atoms with Gasteiger partial charge in [0.25, 0.3) is 5.91 Å². The Bertz CT molecular complexity index is 1550. The topological polar surface area (TPSA) is 195 Å². The van der Waals surface area contributed by atoms with E-state index >= 15 is 0 Å². The van der Waals surface area contributed by atoms with E-state index in [0.717, 1.165) is 5.56 Å². The van der Waals surface area contributed by atoms with Gasteiger partial charge < -0.3 is 35.7 Å². The fourth-order valence-corrected chi connectivity index (χ4v) is 5.93. The third-order valence-electron chi connectivity index (χ3n) is 6.64. The van der Waals surface area contributed by atoms with Crippen LogP contribution in [0.3, 0.4) is 0 Å². The second-order valence-corrected chi connectivity index (χ2v) is 11.7. The highest BCUT2D eigenvalue weighted by Crippen LogP contribution is 2.30. The molecule has 2 aliphatic rings. The summed E-state index contributed by atoms with van der Waals surface area (Å²) in [5, 5.41) is 14.9. The lowest BCUT2D eigenvalue weighted by molar-refractivity contribution is -0.137. The second kappa shape index (κ2) is 15.5. The van der Waals surface area contributed by atoms with Gasteiger partial charge in [-0.25, -0.2) is 18.4 Å². The molecule has 1 aromatic heterocycles. The van der Waals surface area contributed by atoms with E-state index in [1.165, 1.54) is 22.6 Å². The van der Waals surface area contributed by atoms with Crippen molar-refractivity contribution in [2.75, 3.05) is 64.2 Å². The number of nitrogen functional groups attached to an aromatic ring is 1. The minimum absolute atomic E-state index is 0.00645. The van der Waals surface area contributed by atoms with Gasteiger partial charge in [-0.15, -0.1) is 0 Å². The molecule has 0 unspecified atom stereocenters. The molecule has 236 valence electrons. The van der Waals surface area contributed by atoms with Gasteiger partial charge in [0.2, 0.25) is 10.0 Å². The molecule has 1 amide bonds. The van der Waals surface area contributed by atoms with Gasteiger partial charge in [0.05, 0.1) is 48.9 Å². The summed E-state index contributed by atoms with van der Waals surface area (Å²) in [6.07, 6.45) is 1.36. The minimum Gasteiger partial charge on any atom is -0.489 e. The van der Waals surface area contributed by atoms with Crippen molar-refractivity contribution in [1.29, 1.82) is 0 Å². The number of carboxylic acids is 1. The predicted octanol–water partition coefficient (Wildman–Crippen LogP) is 1.98. The molecule has 0 aliphatic carbocycles. The monoisotopic (exact) mass is 628 g/mol. The molecule has 2 aliphatic heterocycles. The average Bonchev–Trinajstić information content (AvgIpc) is 3.00. The van der Waals surface area contributed by atoms with Crippen molar-refractivity contribution in [3.05, 3.63) is 59.9 Å². The van der Waals surface area contributed by atoms with Crippen molar-refractivity contribution >= 4 is 33.4 Å². The van der Waals surface area contributed by atoms with Crippen molar-refractivity contribution in [1.82, 2.24) is 19.6 Å². The fraction of sp³-hybridized carbons (Fsp3) is 0.379. The molecule has 0 radical (unpaired) electrons. The first-order valence-corrected chi connectivity index (χ1v) is 15.5. The number of hydrogen-bond donors (Lipinski definition) is 4. The van der Waals surface area contributed by atoms with Crippen LogP contribution in [0.2, 0.25) is 0 Å². The zero-order chi connectivity index (χ0) is 31.5. The molecule has 0 saturated heterocycles. The van der Waals surface area contributed by atoms with Gasteiger partial charge in [-0.1, -0.05) is 24.3 Å². The summed E-state index contributed by atoms with van der Waals surface area (Å²) < 4.78 is 45.4. The van der Waals surface area contributed by atoms with Crippen LogP contribution in [-0.4, -0.2) is 92.8 Å². The van der Waals surface area contributed by atoms with Crippen LogP contribution < -0.4 is 21.1 Å². The SMILES string of the molecule is CNCc1cccc2c1OCCOCCOCCN(CCCC(=O)O)S(=O)(=O)c1ccc(cc1)-c1cnc(N)c(n1)C(=O)N2. The highest BCUT2D eigenvalue weighted by Gasteiger charge is 2.25. The summed E-state index contributed by atoms with van der Waals surface area (Å²) in [4.78, 5) is 33.0. The van der Waals surface area contributed by atoms with Crippen LogP contribution in [0, 0.1) is 0 Å². The first kappa shape index (κ1) is 32.8. The highest BCUT2D eigenvalue weighted by molar-refractivity contribution is 7.89. The molecular weight excluding hydrogens is 592 g/mol. The minimum atomic E-state index is -3.98. The maximum Gasteiger partial charge on any atom is 0.303 e. The van der Waals surface area contributed by atoms with Crippen molar-refractivity contribution < 1.29 is 37.3 Å². The van der Waals surface area contributed by atoms with Crippen LogP contribution in [0.15, 0.2) is 53.6 Å². The fourth-order valence-electron chi connectivity index (χ4n) is 4.47. The smallest absolute Gasteiger partial charge is 0.303 e. The Morgan fingerprint density at radius 2 is 1.82 bits per heavy atom. The Balaban J connectivity index is 1.66. The molecule has 5 rings (SSSR count). The van der Waals surface area contributed by atoms with Gasteiger partial charge in [-0.05, 0) is 31.7 Å². The summed E-state index contributed by atoms with van der Waals surface area (Å²) in [6.45, 7) is 1.50. The number of anilines is 2. The van der Waals surface area contributed by atoms with Crippen molar-refractivity contribution in [3.8, 4) is 17.0 Å². The molecular formula is C29H36N6O8S. The average molecular weight is 629 g/mol. The van der Waals surface area contributed by atoms with E-state index in [0.29, 0.717) is 29.2 Å². The van der Waals surface area contributed by atoms with Crippen LogP contribution in [0.1, 0.15) is 28.9 Å². The Labute approximate surface area is 255 Å². The Morgan fingerprint density at radius 3 is 2.55 bits per heavy atom. The van der Waals surface area contributed by atoms with Crippen LogP contribution >= 0.6 is 0 Å². The molecule has 3 aromatic rings. The highest BCUT2D eigenvalue weighted by atomic mass is 32.2. The largest absolute Gasteiger partial charge is 0.489 e. The number of benzene rings is 2. The number of rotatable bonds is 6. The number of sulfonamides is 1. The summed E-state index contributed by atoms with van der Waals surface area (Å²) in [7, 11) is -2.17. The number of para-hydroxylation sites is 1. The number of nitrogens with two attached hydrogens (primary N) is 1. The maximum atomic E-state index is 13.5. The molecule has 0 spiro atoms. The summed E-state index contributed by atoms with van der Waals surface area (Å²) >= 11 is 0. The Hall–Kier alpha value is -4.15. The van der Waals surface area contributed by atoms with E-state index in [4.69, 9.17) is 25.1 Å². The van der Waals surface area contributed by atoms with E-state index in [2.05, 4.69) is 20.6 Å². The third-order valence-corrected chi connectivity index (χ3v) is 8.56. The number of carboxylic acid groups (broad SMARTS) is 1. The summed E-state index contributed by atoms with van der Waals surface area (Å²) in [5.74, 6) is -1.22. The zero-order valence-corrected chi connectivity index (χ0v) is 25.1. The van der Waals surface area contributed by atoms with Crippen molar-refractivity contribution in [2.24, 2.45) is 0 Å². The number of hydrogen-bond acceptors (Lipinski definition) is 11. The summed E-state index contributed by atoms with van der Waals surface area (Å²) in [6, 6.07) is 11.3. The van der Waals surface area contributed by atoms with Crippen LogP contribution in [0.25, 0.3) is 11.3 Å². The molecule has 44 heavy (non-hydrogen) atoms. The van der Waals surface area contributed by atoms with Gasteiger partial charge in [0, 0.05) is 37.2 Å². The first-order chi connectivity index (χ1) is 21.2. The predicted molar refractivity (Wildman–Crippen MR) is 162 cm³/mol. The number of aliphatic carboxylic acids is 1. The normalized spacial score (nSPS) is 16.5. The number of fused-ring (bicyclic) bond motifs is 13. The number of aromatic nitrogens is 2. The standard InChI is InChI=1S/C29H36N6O8S/c1-31-18-21-4-2-5-23-27(21)43-17-16-42-15-14-41-13-12-35(11-3-6-25(36)37)44(39,40)22-9-7-20(8-10-22)24-19-32-28(30)26(33-24)29(38)34-23/h2,4-5,7-10,19,31H,3,6,11-18H2,1H3,(H2,30,32)(H,34,38)(H,36,37). The third kappa shape index (κ3) is 8.48. The molecule has 2 aromatic carbocycles. The lowest BCUT2D eigenvalue weighted by atomic mass is 10.1. The number of nitrogens with one attached hydrogen (secondary N) is 2. The first-order valence-electron chi connectivity index (χ1n) is 14.0. The van der Waals surface area contributed by atoms with Gasteiger partial charge in [0.1, 0.15) is 12.4 Å². The van der Waals surface area contributed by atoms with E-state index < -0.39 is 21.9 Å². The summed E-state index contributed by atoms with van der Waals surface area (Å²) in [5.41, 5.74) is 7.97. The quantitative estimate of drug-likeness (QED) is 0.290. The van der Waals surface area contributed by atoms with Crippen molar-refractivity contribution in [3.63, 3.8) is 0 Å². The molecule has 0 saturated carbocycles. The second-order valence-electron chi connectivity index (χ2n) is 9.77. The van der Waals surface area contributed by atoms with E-state index in [1.807, 2.05) is 6.07 Å². The number of carbonyl (C=O) groups is 2. The van der Waals surface area contributed by atoms with E-state index in [1.54, 1.807) is 31.3 Å². The molecule has 5 N–H and O–H groups in total. The molecule has 14 nitrogen and oxygen atoms in total. The van der Waals surface area contributed by atoms with Gasteiger partial charge in [0.15, 0.2) is 11.5 Å². The molecule has 0 atom stereocenters. The Morgan fingerprint density at radius 1 is 1.09 bits per heavy atom. The molecule has 3 heterocycles. The van der Waals surface area contributed by atoms with Gasteiger partial charge >= 0.3 is 5.97 Å². The van der Waals surface area contributed by atoms with E-state index in [9.17, 15) is 18.0 Å². The van der Waals surface area contributed by atoms with E-state index in [-0.39, 0.29) is 75.4 Å². The number of amides is 1. The van der Waals surface area contributed by atoms with Crippen LogP contribution in [0.5, 0.6) is 5.75 Å². The Kier molecular flexibility index (Phi) is 11.6. The van der Waals surface area contributed by atoms with Crippen LogP contribution in [0.4, 0.5) is 11.5 Å². The lowest BCUT2D eigenvalue weighted by Crippen LogP contribution is -2.35. The van der Waals surface area contributed by atoms with Crippen LogP contribution in [-0.2, 0) is 30.8 Å². The van der Waals surface area contributed by atoms with Crippen molar-refractivity contribution in [2.45, 2.75) is 24.3 Å². The molecule has 4 bridgehead atoms. The van der Waals surface area contributed by atoms with Gasteiger partial charge in [-0.2, -0.15) is 4.31 Å². The molecule has 15 heteroatoms. The molecule has 0 fully saturated rings. The number of ether oxygens (including phenoxy) is 3. The zero-order valence-electron chi connectivity index (χ0n) is 24.3. The number of carbonyl (C=O) groups excluding carboxylic acids is 1.